The maximum atomic E-state index is 12.4. The van der Waals surface area contributed by atoms with Gasteiger partial charge in [0.15, 0.2) is 0 Å². The van der Waals surface area contributed by atoms with E-state index in [1.807, 2.05) is 13.0 Å². The van der Waals surface area contributed by atoms with Gasteiger partial charge in [-0.05, 0) is 57.1 Å². The van der Waals surface area contributed by atoms with Crippen molar-refractivity contribution in [3.05, 3.63) is 23.5 Å². The van der Waals surface area contributed by atoms with Crippen LogP contribution in [0.2, 0.25) is 0 Å². The summed E-state index contributed by atoms with van der Waals surface area (Å²) >= 11 is 0. The Kier molecular flexibility index (Phi) is 6.80. The number of nitrogens with zero attached hydrogens (tertiary/aromatic N) is 5. The van der Waals surface area contributed by atoms with Gasteiger partial charge >= 0.3 is 12.1 Å². The molecule has 2 aliphatic carbocycles. The first-order chi connectivity index (χ1) is 15.8. The van der Waals surface area contributed by atoms with Crippen LogP contribution in [0.5, 0.6) is 5.75 Å². The minimum absolute atomic E-state index is 0.0459. The number of aromatic nitrogens is 4. The number of carbonyl (C=O) groups excluding carboxylic acids is 1. The van der Waals surface area contributed by atoms with Crippen molar-refractivity contribution in [2.45, 2.75) is 58.2 Å². The van der Waals surface area contributed by atoms with E-state index >= 15 is 0 Å². The summed E-state index contributed by atoms with van der Waals surface area (Å²) in [6.07, 6.45) is 4.93. The first-order valence-electron chi connectivity index (χ1n) is 11.5. The summed E-state index contributed by atoms with van der Waals surface area (Å²) in [7, 11) is 3.51. The molecule has 2 aliphatic rings. The molecule has 0 bridgehead atoms. The summed E-state index contributed by atoms with van der Waals surface area (Å²) < 4.78 is 13.1. The molecule has 10 heteroatoms. The molecule has 0 aromatic carbocycles. The number of pyridine rings is 1. The number of carboxylic acid groups (broad SMARTS) is 1. The molecule has 2 fully saturated rings. The standard InChI is InChI=1S/C23H31N5O5/c1-14-20(33-17-8-7-16(11-17)22(29)30)10-9-18(24-14)21-19(28(3)26-25-21)13-32-23(31)27(2)12-15-5-4-6-15/h9-10,15-17H,4-8,11-13H2,1-3H3,(H,29,30). The van der Waals surface area contributed by atoms with Crippen molar-refractivity contribution in [1.29, 1.82) is 0 Å². The van der Waals surface area contributed by atoms with Crippen LogP contribution in [0.1, 0.15) is 49.9 Å². The number of carbonyl (C=O) groups is 2. The molecule has 2 heterocycles. The van der Waals surface area contributed by atoms with Crippen molar-refractivity contribution in [2.75, 3.05) is 13.6 Å². The summed E-state index contributed by atoms with van der Waals surface area (Å²) in [6.45, 7) is 2.60. The normalized spacial score (nSPS) is 20.3. The molecule has 0 aliphatic heterocycles. The number of rotatable bonds is 8. The van der Waals surface area contributed by atoms with Crippen LogP contribution >= 0.6 is 0 Å². The molecule has 178 valence electrons. The zero-order valence-electron chi connectivity index (χ0n) is 19.4. The lowest BCUT2D eigenvalue weighted by Crippen LogP contribution is -2.34. The molecule has 33 heavy (non-hydrogen) atoms. The first-order valence-corrected chi connectivity index (χ1v) is 11.5. The largest absolute Gasteiger partial charge is 0.489 e. The Balaban J connectivity index is 1.40. The highest BCUT2D eigenvalue weighted by Gasteiger charge is 2.31. The molecule has 2 unspecified atom stereocenters. The third kappa shape index (κ3) is 5.26. The van der Waals surface area contributed by atoms with Crippen molar-refractivity contribution >= 4 is 12.1 Å². The third-order valence-corrected chi connectivity index (χ3v) is 6.65. The quantitative estimate of drug-likeness (QED) is 0.642. The van der Waals surface area contributed by atoms with Gasteiger partial charge in [0.25, 0.3) is 0 Å². The predicted molar refractivity (Wildman–Crippen MR) is 119 cm³/mol. The van der Waals surface area contributed by atoms with Crippen LogP contribution in [-0.4, -0.2) is 61.7 Å². The molecule has 2 aromatic rings. The summed E-state index contributed by atoms with van der Waals surface area (Å²) in [6, 6.07) is 3.62. The minimum atomic E-state index is -0.767. The van der Waals surface area contributed by atoms with Gasteiger partial charge in [-0.25, -0.2) is 14.5 Å². The van der Waals surface area contributed by atoms with Crippen LogP contribution in [0, 0.1) is 18.8 Å². The molecular formula is C23H31N5O5. The molecule has 0 spiro atoms. The van der Waals surface area contributed by atoms with Crippen molar-refractivity contribution < 1.29 is 24.2 Å². The fourth-order valence-corrected chi connectivity index (χ4v) is 4.37. The van der Waals surface area contributed by atoms with Gasteiger partial charge in [-0.15, -0.1) is 5.10 Å². The Labute approximate surface area is 192 Å². The van der Waals surface area contributed by atoms with Crippen LogP contribution < -0.4 is 4.74 Å². The second kappa shape index (κ2) is 9.76. The van der Waals surface area contributed by atoms with Gasteiger partial charge in [-0.1, -0.05) is 11.6 Å². The molecule has 2 aromatic heterocycles. The van der Waals surface area contributed by atoms with E-state index in [2.05, 4.69) is 15.3 Å². The van der Waals surface area contributed by atoms with Crippen LogP contribution in [0.15, 0.2) is 12.1 Å². The lowest BCUT2D eigenvalue weighted by Gasteiger charge is -2.29. The molecule has 1 N–H and O–H groups in total. The van der Waals surface area contributed by atoms with Gasteiger partial charge in [0.2, 0.25) is 0 Å². The van der Waals surface area contributed by atoms with Crippen molar-refractivity contribution in [1.82, 2.24) is 24.9 Å². The number of carboxylic acids is 1. The zero-order valence-corrected chi connectivity index (χ0v) is 19.4. The molecule has 2 saturated carbocycles. The number of hydrogen-bond donors (Lipinski definition) is 1. The maximum absolute atomic E-state index is 12.4. The Morgan fingerprint density at radius 3 is 2.67 bits per heavy atom. The highest BCUT2D eigenvalue weighted by atomic mass is 16.6. The summed E-state index contributed by atoms with van der Waals surface area (Å²) in [5.41, 5.74) is 2.49. The van der Waals surface area contributed by atoms with Gasteiger partial charge in [-0.2, -0.15) is 0 Å². The van der Waals surface area contributed by atoms with E-state index in [0.29, 0.717) is 60.3 Å². The second-order valence-electron chi connectivity index (χ2n) is 9.11. The van der Waals surface area contributed by atoms with Gasteiger partial charge < -0.3 is 19.5 Å². The molecular weight excluding hydrogens is 426 g/mol. The average molecular weight is 458 g/mol. The van der Waals surface area contributed by atoms with Crippen molar-refractivity contribution in [3.63, 3.8) is 0 Å². The Bertz CT molecular complexity index is 1020. The Morgan fingerprint density at radius 2 is 2.03 bits per heavy atom. The van der Waals surface area contributed by atoms with Gasteiger partial charge in [0.05, 0.1) is 23.4 Å². The fourth-order valence-electron chi connectivity index (χ4n) is 4.37. The van der Waals surface area contributed by atoms with Crippen molar-refractivity contribution in [3.8, 4) is 17.1 Å². The topological polar surface area (TPSA) is 120 Å². The Morgan fingerprint density at radius 1 is 1.24 bits per heavy atom. The Hall–Kier alpha value is -3.17. The molecule has 10 nitrogen and oxygen atoms in total. The van der Waals surface area contributed by atoms with Crippen LogP contribution in [-0.2, 0) is 23.2 Å². The molecule has 0 radical (unpaired) electrons. The van der Waals surface area contributed by atoms with Crippen molar-refractivity contribution in [2.24, 2.45) is 18.9 Å². The summed E-state index contributed by atoms with van der Waals surface area (Å²) in [5, 5.41) is 17.5. The molecule has 4 rings (SSSR count). The monoisotopic (exact) mass is 457 g/mol. The number of aryl methyl sites for hydroxylation is 2. The minimum Gasteiger partial charge on any atom is -0.489 e. The highest BCUT2D eigenvalue weighted by Crippen LogP contribution is 2.31. The lowest BCUT2D eigenvalue weighted by molar-refractivity contribution is -0.141. The van der Waals surface area contributed by atoms with E-state index in [4.69, 9.17) is 9.47 Å². The third-order valence-electron chi connectivity index (χ3n) is 6.65. The van der Waals surface area contributed by atoms with E-state index in [0.717, 1.165) is 0 Å². The summed E-state index contributed by atoms with van der Waals surface area (Å²) in [4.78, 5) is 29.8. The smallest absolute Gasteiger partial charge is 0.409 e. The van der Waals surface area contributed by atoms with Gasteiger partial charge in [0, 0.05) is 20.6 Å². The number of ether oxygens (including phenoxy) is 2. The number of hydrogen-bond acceptors (Lipinski definition) is 7. The van der Waals surface area contributed by atoms with Crippen LogP contribution in [0.3, 0.4) is 0 Å². The van der Waals surface area contributed by atoms with Crippen LogP contribution in [0.4, 0.5) is 4.79 Å². The van der Waals surface area contributed by atoms with E-state index < -0.39 is 5.97 Å². The molecule has 1 amide bonds. The number of amides is 1. The average Bonchev–Trinajstić information content (AvgIpc) is 3.37. The highest BCUT2D eigenvalue weighted by molar-refractivity contribution is 5.70. The molecule has 0 saturated heterocycles. The first kappa shape index (κ1) is 23.0. The summed E-state index contributed by atoms with van der Waals surface area (Å²) in [5.74, 6) is 0.0875. The van der Waals surface area contributed by atoms with E-state index in [9.17, 15) is 14.7 Å². The maximum Gasteiger partial charge on any atom is 0.409 e. The second-order valence-corrected chi connectivity index (χ2v) is 9.11. The van der Waals surface area contributed by atoms with Gasteiger partial charge in [0.1, 0.15) is 23.7 Å². The molecule has 2 atom stereocenters. The fraction of sp³-hybridized carbons (Fsp3) is 0.609. The van der Waals surface area contributed by atoms with Crippen LogP contribution in [0.25, 0.3) is 11.4 Å². The lowest BCUT2D eigenvalue weighted by atomic mass is 9.85. The van der Waals surface area contributed by atoms with Gasteiger partial charge in [-0.3, -0.25) is 4.79 Å². The van der Waals surface area contributed by atoms with E-state index in [-0.39, 0.29) is 24.7 Å². The zero-order chi connectivity index (χ0) is 23.5. The predicted octanol–water partition coefficient (Wildman–Crippen LogP) is 3.19. The SMILES string of the molecule is Cc1nc(-c2nnn(C)c2COC(=O)N(C)CC2CCC2)ccc1OC1CCC(C(=O)O)C1. The van der Waals surface area contributed by atoms with E-state index in [1.165, 1.54) is 19.3 Å². The number of aliphatic carboxylic acids is 1. The van der Waals surface area contributed by atoms with E-state index in [1.54, 1.807) is 29.7 Å².